The Labute approximate surface area is 207 Å². The summed E-state index contributed by atoms with van der Waals surface area (Å²) in [6.45, 7) is -0.752. The molecule has 0 aliphatic carbocycles. The van der Waals surface area contributed by atoms with Gasteiger partial charge in [-0.15, -0.1) is 0 Å². The predicted octanol–water partition coefficient (Wildman–Crippen LogP) is 0.467. The zero-order valence-corrected chi connectivity index (χ0v) is 19.5. The number of rotatable bonds is 8. The minimum atomic E-state index is -5.53. The molecule has 0 saturated carbocycles. The predicted molar refractivity (Wildman–Crippen MR) is 122 cm³/mol. The van der Waals surface area contributed by atoms with Crippen LogP contribution < -0.4 is 21.3 Å². The summed E-state index contributed by atoms with van der Waals surface area (Å²) in [6.07, 6.45) is -4.06. The summed E-state index contributed by atoms with van der Waals surface area (Å²) < 4.78 is 69.6. The van der Waals surface area contributed by atoms with Gasteiger partial charge >= 0.3 is 18.1 Å². The number of ether oxygens (including phenoxy) is 1. The molecule has 0 fully saturated rings. The normalized spacial score (nSPS) is 12.6. The maximum atomic E-state index is 12.7. The molecule has 0 aliphatic heterocycles. The highest BCUT2D eigenvalue weighted by Crippen LogP contribution is 2.17. The average Bonchev–Trinajstić information content (AvgIpc) is 2.85. The lowest BCUT2D eigenvalue weighted by Crippen LogP contribution is -2.50. The molecule has 2 aromatic heterocycles. The molecule has 15 heteroatoms. The minimum Gasteiger partial charge on any atom is -0.385 e. The number of nitrogens with two attached hydrogens (primary N) is 1. The van der Waals surface area contributed by atoms with E-state index in [1.54, 1.807) is 6.07 Å². The first-order valence-electron chi connectivity index (χ1n) is 10.4. The Morgan fingerprint density at radius 3 is 2.35 bits per heavy atom. The van der Waals surface area contributed by atoms with Gasteiger partial charge in [-0.05, 0) is 29.8 Å². The van der Waals surface area contributed by atoms with Crippen molar-refractivity contribution in [3.63, 3.8) is 0 Å². The Morgan fingerprint density at radius 1 is 1.05 bits per heavy atom. The van der Waals surface area contributed by atoms with Crippen molar-refractivity contribution in [1.29, 1.82) is 0 Å². The Bertz CT molecular complexity index is 1510. The number of esters is 2. The van der Waals surface area contributed by atoms with Crippen LogP contribution in [0, 0.1) is 0 Å². The molecular formula is C22H19F3N4O7S. The number of carbonyl (C=O) groups is 3. The van der Waals surface area contributed by atoms with Crippen LogP contribution in [0.1, 0.15) is 15.9 Å². The maximum absolute atomic E-state index is 12.7. The van der Waals surface area contributed by atoms with Gasteiger partial charge in [0.2, 0.25) is 10.0 Å². The summed E-state index contributed by atoms with van der Waals surface area (Å²) in [7, 11) is -4.49. The molecular weight excluding hydrogens is 521 g/mol. The average molecular weight is 540 g/mol. The number of carbonyl (C=O) groups excluding carboxylic acids is 3. The number of hydrogen-bond acceptors (Lipinski definition) is 8. The molecule has 1 unspecified atom stereocenters. The number of hydrogen-bond donors (Lipinski definition) is 3. The first kappa shape index (κ1) is 27.5. The second-order valence-electron chi connectivity index (χ2n) is 7.52. The Hall–Kier alpha value is -4.08. The number of nitrogens with one attached hydrogen (secondary N) is 2. The zero-order valence-electron chi connectivity index (χ0n) is 18.7. The van der Waals surface area contributed by atoms with E-state index in [-0.39, 0.29) is 17.0 Å². The van der Waals surface area contributed by atoms with Gasteiger partial charge in [0.25, 0.3) is 11.5 Å². The van der Waals surface area contributed by atoms with Crippen molar-refractivity contribution in [3.05, 3.63) is 82.3 Å². The van der Waals surface area contributed by atoms with Crippen LogP contribution in [-0.4, -0.2) is 49.4 Å². The summed E-state index contributed by atoms with van der Waals surface area (Å²) in [5.41, 5.74) is 5.72. The molecule has 0 radical (unpaired) electrons. The molecule has 1 aromatic carbocycles. The van der Waals surface area contributed by atoms with Gasteiger partial charge < -0.3 is 15.8 Å². The largest absolute Gasteiger partial charge is 0.491 e. The summed E-state index contributed by atoms with van der Waals surface area (Å²) in [5, 5.41) is 2.15. The van der Waals surface area contributed by atoms with Crippen molar-refractivity contribution >= 4 is 33.4 Å². The molecule has 37 heavy (non-hydrogen) atoms. The van der Waals surface area contributed by atoms with Crippen molar-refractivity contribution in [2.24, 2.45) is 5.73 Å². The minimum absolute atomic E-state index is 0.165. The fraction of sp³-hybridized carbons (Fsp3) is 0.182. The molecule has 2 heterocycles. The van der Waals surface area contributed by atoms with Gasteiger partial charge in [0, 0.05) is 36.4 Å². The molecule has 196 valence electrons. The van der Waals surface area contributed by atoms with Crippen LogP contribution in [0.3, 0.4) is 0 Å². The Kier molecular flexibility index (Phi) is 8.10. The smallest absolute Gasteiger partial charge is 0.385 e. The maximum Gasteiger partial charge on any atom is 0.491 e. The lowest BCUT2D eigenvalue weighted by molar-refractivity contribution is -0.202. The molecule has 0 aliphatic rings. The van der Waals surface area contributed by atoms with E-state index in [4.69, 9.17) is 5.73 Å². The number of alkyl halides is 3. The zero-order chi connectivity index (χ0) is 27.4. The fourth-order valence-corrected chi connectivity index (χ4v) is 4.27. The molecule has 1 amide bonds. The van der Waals surface area contributed by atoms with Crippen molar-refractivity contribution in [2.45, 2.75) is 23.7 Å². The van der Waals surface area contributed by atoms with E-state index < -0.39 is 52.2 Å². The first-order chi connectivity index (χ1) is 17.3. The van der Waals surface area contributed by atoms with E-state index in [9.17, 15) is 40.8 Å². The van der Waals surface area contributed by atoms with Gasteiger partial charge in [-0.25, -0.2) is 18.0 Å². The standard InChI is InChI=1S/C22H19F3N4O7S/c23-22(24,25)21(33)36-20(32)17(28-37(34,35)16-4-2-1-3-5-16)11-27-19(31)14-8-15-7-6-13(10-26)12-29(15)18(30)9-14/h1-9,12,17,28H,10-11,26H2,(H,27,31). The highest BCUT2D eigenvalue weighted by Gasteiger charge is 2.44. The van der Waals surface area contributed by atoms with Crippen molar-refractivity contribution in [3.8, 4) is 0 Å². The van der Waals surface area contributed by atoms with E-state index in [0.29, 0.717) is 11.1 Å². The molecule has 11 nitrogen and oxygen atoms in total. The molecule has 0 saturated heterocycles. The van der Waals surface area contributed by atoms with E-state index in [1.165, 1.54) is 40.9 Å². The molecule has 3 aromatic rings. The quantitative estimate of drug-likeness (QED) is 0.274. The van der Waals surface area contributed by atoms with Gasteiger partial charge in [0.1, 0.15) is 6.04 Å². The number of halogens is 3. The molecule has 3 rings (SSSR count). The van der Waals surface area contributed by atoms with Crippen LogP contribution in [0.2, 0.25) is 0 Å². The topological polar surface area (TPSA) is 166 Å². The van der Waals surface area contributed by atoms with Gasteiger partial charge in [-0.2, -0.15) is 17.9 Å². The fourth-order valence-electron chi connectivity index (χ4n) is 3.07. The Morgan fingerprint density at radius 2 is 1.73 bits per heavy atom. The lowest BCUT2D eigenvalue weighted by atomic mass is 10.2. The van der Waals surface area contributed by atoms with E-state index in [2.05, 4.69) is 10.1 Å². The van der Waals surface area contributed by atoms with E-state index >= 15 is 0 Å². The SMILES string of the molecule is NCc1ccc2cc(C(=O)NCC(NS(=O)(=O)c3ccccc3)C(=O)OC(=O)C(F)(F)F)cc(=O)n2c1. The summed E-state index contributed by atoms with van der Waals surface area (Å²) in [4.78, 5) is 48.1. The third kappa shape index (κ3) is 6.78. The number of nitrogens with zero attached hydrogens (tertiary/aromatic N) is 1. The monoisotopic (exact) mass is 540 g/mol. The lowest BCUT2D eigenvalue weighted by Gasteiger charge is -2.18. The van der Waals surface area contributed by atoms with Gasteiger partial charge in [0.05, 0.1) is 4.90 Å². The summed E-state index contributed by atoms with van der Waals surface area (Å²) >= 11 is 0. The van der Waals surface area contributed by atoms with Crippen LogP contribution in [0.5, 0.6) is 0 Å². The number of fused-ring (bicyclic) bond motifs is 1. The Balaban J connectivity index is 1.84. The summed E-state index contributed by atoms with van der Waals surface area (Å²) in [5.74, 6) is -5.73. The van der Waals surface area contributed by atoms with Gasteiger partial charge in [0.15, 0.2) is 0 Å². The van der Waals surface area contributed by atoms with Crippen LogP contribution in [-0.2, 0) is 30.9 Å². The summed E-state index contributed by atoms with van der Waals surface area (Å²) in [6, 6.07) is 9.77. The van der Waals surface area contributed by atoms with E-state index in [0.717, 1.165) is 18.2 Å². The third-order valence-corrected chi connectivity index (χ3v) is 6.37. The highest BCUT2D eigenvalue weighted by molar-refractivity contribution is 7.89. The van der Waals surface area contributed by atoms with Crippen LogP contribution in [0.15, 0.2) is 70.5 Å². The third-order valence-electron chi connectivity index (χ3n) is 4.89. The van der Waals surface area contributed by atoms with Gasteiger partial charge in [-0.1, -0.05) is 24.3 Å². The first-order valence-corrected chi connectivity index (χ1v) is 11.8. The van der Waals surface area contributed by atoms with E-state index in [1.807, 2.05) is 4.72 Å². The van der Waals surface area contributed by atoms with Gasteiger partial charge in [-0.3, -0.25) is 14.0 Å². The van der Waals surface area contributed by atoms with Crippen molar-refractivity contribution in [2.75, 3.05) is 6.54 Å². The molecule has 4 N–H and O–H groups in total. The number of pyridine rings is 2. The van der Waals surface area contributed by atoms with Crippen LogP contribution in [0.25, 0.3) is 5.52 Å². The van der Waals surface area contributed by atoms with Crippen molar-refractivity contribution in [1.82, 2.24) is 14.4 Å². The number of benzene rings is 1. The number of sulfonamides is 1. The second-order valence-corrected chi connectivity index (χ2v) is 9.24. The van der Waals surface area contributed by atoms with Crippen LogP contribution in [0.4, 0.5) is 13.2 Å². The molecule has 1 atom stereocenters. The highest BCUT2D eigenvalue weighted by atomic mass is 32.2. The molecule has 0 spiro atoms. The number of aromatic nitrogens is 1. The second kappa shape index (κ2) is 10.9. The van der Waals surface area contributed by atoms with Crippen molar-refractivity contribution < 1.29 is 40.7 Å². The number of amides is 1. The van der Waals surface area contributed by atoms with Crippen LogP contribution >= 0.6 is 0 Å². The molecule has 0 bridgehead atoms.